The van der Waals surface area contributed by atoms with Crippen molar-refractivity contribution in [2.24, 2.45) is 0 Å². The van der Waals surface area contributed by atoms with E-state index < -0.39 is 0 Å². The van der Waals surface area contributed by atoms with Crippen molar-refractivity contribution < 1.29 is 4.79 Å². The summed E-state index contributed by atoms with van der Waals surface area (Å²) in [5.41, 5.74) is 1.10. The lowest BCUT2D eigenvalue weighted by Crippen LogP contribution is -2.28. The van der Waals surface area contributed by atoms with E-state index in [1.807, 2.05) is 61.5 Å². The molecule has 0 saturated heterocycles. The molecule has 2 aromatic carbocycles. The molecule has 0 bridgehead atoms. The molecule has 2 rings (SSSR count). The smallest absolute Gasteiger partial charge is 0.230 e. The molecule has 0 spiro atoms. The third-order valence-corrected chi connectivity index (χ3v) is 4.40. The fraction of sp³-hybridized carbons (Fsp3) is 0.188. The molecule has 0 fully saturated rings. The van der Waals surface area contributed by atoms with Crippen molar-refractivity contribution in [2.45, 2.75) is 17.9 Å². The second-order valence-corrected chi connectivity index (χ2v) is 6.41. The van der Waals surface area contributed by atoms with Gasteiger partial charge in [0.15, 0.2) is 0 Å². The summed E-state index contributed by atoms with van der Waals surface area (Å²) in [5.74, 6) is 0.486. The van der Waals surface area contributed by atoms with Gasteiger partial charge in [0.05, 0.1) is 11.8 Å². The van der Waals surface area contributed by atoms with Gasteiger partial charge in [-0.05, 0) is 36.8 Å². The normalized spacial score (nSPS) is 11.9. The van der Waals surface area contributed by atoms with Crippen LogP contribution in [0.3, 0.4) is 0 Å². The topological polar surface area (TPSA) is 29.1 Å². The van der Waals surface area contributed by atoms with Gasteiger partial charge in [0.25, 0.3) is 0 Å². The molecule has 104 valence electrons. The number of carbonyl (C=O) groups is 1. The predicted molar refractivity (Wildman–Crippen MR) is 87.9 cm³/mol. The Balaban J connectivity index is 1.83. The SMILES string of the molecule is CC(NC(=O)CSc1ccccc1)c1ccc(Br)cc1. The highest BCUT2D eigenvalue weighted by Crippen LogP contribution is 2.19. The number of nitrogens with one attached hydrogen (secondary N) is 1. The first-order valence-corrected chi connectivity index (χ1v) is 8.15. The first-order valence-electron chi connectivity index (χ1n) is 6.38. The summed E-state index contributed by atoms with van der Waals surface area (Å²) in [6.07, 6.45) is 0. The summed E-state index contributed by atoms with van der Waals surface area (Å²) < 4.78 is 1.04. The number of halogens is 1. The van der Waals surface area contributed by atoms with Gasteiger partial charge >= 0.3 is 0 Å². The molecule has 0 radical (unpaired) electrons. The second-order valence-electron chi connectivity index (χ2n) is 4.44. The fourth-order valence-electron chi connectivity index (χ4n) is 1.78. The molecule has 2 aromatic rings. The minimum atomic E-state index is 0.0203. The number of amides is 1. The summed E-state index contributed by atoms with van der Waals surface area (Å²) >= 11 is 4.95. The third-order valence-electron chi connectivity index (χ3n) is 2.86. The van der Waals surface area contributed by atoms with E-state index in [0.29, 0.717) is 5.75 Å². The molecule has 1 atom stereocenters. The van der Waals surface area contributed by atoms with Crippen LogP contribution in [0.4, 0.5) is 0 Å². The molecule has 20 heavy (non-hydrogen) atoms. The Labute approximate surface area is 132 Å². The molecule has 2 nitrogen and oxygen atoms in total. The van der Waals surface area contributed by atoms with Crippen LogP contribution in [-0.4, -0.2) is 11.7 Å². The van der Waals surface area contributed by atoms with E-state index in [2.05, 4.69) is 21.2 Å². The van der Waals surface area contributed by atoms with Gasteiger partial charge in [-0.15, -0.1) is 11.8 Å². The maximum atomic E-state index is 11.9. The Morgan fingerprint density at radius 3 is 2.45 bits per heavy atom. The van der Waals surface area contributed by atoms with Crippen molar-refractivity contribution >= 4 is 33.6 Å². The van der Waals surface area contributed by atoms with Crippen LogP contribution in [0.5, 0.6) is 0 Å². The first-order chi connectivity index (χ1) is 9.65. The van der Waals surface area contributed by atoms with Gasteiger partial charge in [-0.2, -0.15) is 0 Å². The van der Waals surface area contributed by atoms with E-state index >= 15 is 0 Å². The molecule has 0 aliphatic carbocycles. The van der Waals surface area contributed by atoms with Crippen molar-refractivity contribution in [3.63, 3.8) is 0 Å². The molecule has 0 saturated carbocycles. The van der Waals surface area contributed by atoms with Crippen LogP contribution in [0.2, 0.25) is 0 Å². The van der Waals surface area contributed by atoms with E-state index in [-0.39, 0.29) is 11.9 Å². The van der Waals surface area contributed by atoms with E-state index in [9.17, 15) is 4.79 Å². The van der Waals surface area contributed by atoms with E-state index in [4.69, 9.17) is 0 Å². The molecule has 4 heteroatoms. The van der Waals surface area contributed by atoms with Crippen molar-refractivity contribution in [3.05, 3.63) is 64.6 Å². The average Bonchev–Trinajstić information content (AvgIpc) is 2.47. The molecule has 1 unspecified atom stereocenters. The standard InChI is InChI=1S/C16H16BrNOS/c1-12(13-7-9-14(17)10-8-13)18-16(19)11-20-15-5-3-2-4-6-15/h2-10,12H,11H2,1H3,(H,18,19). The summed E-state index contributed by atoms with van der Waals surface area (Å²) in [7, 11) is 0. The zero-order valence-corrected chi connectivity index (χ0v) is 13.6. The molecule has 0 heterocycles. The van der Waals surface area contributed by atoms with Gasteiger partial charge in [0.2, 0.25) is 5.91 Å². The van der Waals surface area contributed by atoms with Crippen LogP contribution >= 0.6 is 27.7 Å². The molecular weight excluding hydrogens is 334 g/mol. The van der Waals surface area contributed by atoms with Gasteiger partial charge in [-0.25, -0.2) is 0 Å². The highest BCUT2D eigenvalue weighted by Gasteiger charge is 2.09. The molecule has 0 aliphatic rings. The fourth-order valence-corrected chi connectivity index (χ4v) is 2.78. The van der Waals surface area contributed by atoms with Crippen LogP contribution in [0.15, 0.2) is 64.0 Å². The van der Waals surface area contributed by atoms with Crippen LogP contribution in [-0.2, 0) is 4.79 Å². The average molecular weight is 350 g/mol. The summed E-state index contributed by atoms with van der Waals surface area (Å²) in [4.78, 5) is 13.0. The molecule has 0 aliphatic heterocycles. The Morgan fingerprint density at radius 1 is 1.15 bits per heavy atom. The summed E-state index contributed by atoms with van der Waals surface area (Å²) in [6.45, 7) is 1.99. The zero-order valence-electron chi connectivity index (χ0n) is 11.2. The Hall–Kier alpha value is -1.26. The molecule has 1 amide bonds. The second kappa shape index (κ2) is 7.50. The number of hydrogen-bond donors (Lipinski definition) is 1. The summed E-state index contributed by atoms with van der Waals surface area (Å²) in [5, 5.41) is 3.01. The number of carbonyl (C=O) groups excluding carboxylic acids is 1. The number of rotatable bonds is 5. The van der Waals surface area contributed by atoms with Crippen molar-refractivity contribution in [2.75, 3.05) is 5.75 Å². The predicted octanol–water partition coefficient (Wildman–Crippen LogP) is 4.42. The van der Waals surface area contributed by atoms with Gasteiger partial charge < -0.3 is 5.32 Å². The lowest BCUT2D eigenvalue weighted by Gasteiger charge is -2.14. The number of benzene rings is 2. The van der Waals surface area contributed by atoms with Crippen molar-refractivity contribution in [1.82, 2.24) is 5.32 Å². The van der Waals surface area contributed by atoms with Crippen LogP contribution in [0, 0.1) is 0 Å². The Kier molecular flexibility index (Phi) is 5.68. The monoisotopic (exact) mass is 349 g/mol. The number of thioether (sulfide) groups is 1. The van der Waals surface area contributed by atoms with Gasteiger partial charge in [0, 0.05) is 9.37 Å². The van der Waals surface area contributed by atoms with Crippen molar-refractivity contribution in [1.29, 1.82) is 0 Å². The van der Waals surface area contributed by atoms with Crippen LogP contribution < -0.4 is 5.32 Å². The zero-order chi connectivity index (χ0) is 14.4. The van der Waals surface area contributed by atoms with Gasteiger partial charge in [-0.1, -0.05) is 46.3 Å². The minimum absolute atomic E-state index is 0.0203. The Morgan fingerprint density at radius 2 is 1.80 bits per heavy atom. The Bertz CT molecular complexity index is 556. The van der Waals surface area contributed by atoms with Gasteiger partial charge in [0.1, 0.15) is 0 Å². The van der Waals surface area contributed by atoms with Gasteiger partial charge in [-0.3, -0.25) is 4.79 Å². The first kappa shape index (κ1) is 15.1. The minimum Gasteiger partial charge on any atom is -0.349 e. The lowest BCUT2D eigenvalue weighted by atomic mass is 10.1. The van der Waals surface area contributed by atoms with E-state index in [1.54, 1.807) is 11.8 Å². The molecular formula is C16H16BrNOS. The quantitative estimate of drug-likeness (QED) is 0.809. The molecule has 1 N–H and O–H groups in total. The van der Waals surface area contributed by atoms with E-state index in [0.717, 1.165) is 14.9 Å². The highest BCUT2D eigenvalue weighted by molar-refractivity contribution is 9.10. The largest absolute Gasteiger partial charge is 0.349 e. The van der Waals surface area contributed by atoms with Crippen molar-refractivity contribution in [3.8, 4) is 0 Å². The third kappa shape index (κ3) is 4.69. The summed E-state index contributed by atoms with van der Waals surface area (Å²) in [6, 6.07) is 18.0. The maximum Gasteiger partial charge on any atom is 0.230 e. The maximum absolute atomic E-state index is 11.9. The highest BCUT2D eigenvalue weighted by atomic mass is 79.9. The number of hydrogen-bond acceptors (Lipinski definition) is 2. The van der Waals surface area contributed by atoms with Crippen LogP contribution in [0.1, 0.15) is 18.5 Å². The molecule has 0 aromatic heterocycles. The van der Waals surface area contributed by atoms with E-state index in [1.165, 1.54) is 0 Å². The lowest BCUT2D eigenvalue weighted by molar-refractivity contribution is -0.119. The van der Waals surface area contributed by atoms with Crippen LogP contribution in [0.25, 0.3) is 0 Å².